The number of carbonyl (C=O) groups is 1. The Hall–Kier alpha value is -1.69. The van der Waals surface area contributed by atoms with E-state index in [2.05, 4.69) is 30.6 Å². The largest absolute Gasteiger partial charge is 0.465 e. The highest BCUT2D eigenvalue weighted by atomic mass is 79.9. The Morgan fingerprint density at radius 3 is 2.94 bits per heavy atom. The zero-order valence-corrected chi connectivity index (χ0v) is 9.87. The number of hydrogen-bond acceptors (Lipinski definition) is 4. The minimum absolute atomic E-state index is 0.318. The van der Waals surface area contributed by atoms with Gasteiger partial charge in [-0.3, -0.25) is 4.79 Å². The first kappa shape index (κ1) is 10.8. The summed E-state index contributed by atoms with van der Waals surface area (Å²) in [7, 11) is 1.30. The van der Waals surface area contributed by atoms with Crippen LogP contribution in [0.15, 0.2) is 27.6 Å². The minimum Gasteiger partial charge on any atom is -0.465 e. The molecule has 2 aromatic rings. The highest BCUT2D eigenvalue weighted by molar-refractivity contribution is 9.10. The van der Waals surface area contributed by atoms with Gasteiger partial charge in [-0.1, -0.05) is 0 Å². The van der Waals surface area contributed by atoms with Gasteiger partial charge in [-0.2, -0.15) is 0 Å². The maximum Gasteiger partial charge on any atom is 0.337 e. The molecule has 0 saturated heterocycles. The molecule has 0 aliphatic heterocycles. The van der Waals surface area contributed by atoms with E-state index < -0.39 is 5.97 Å². The Kier molecular flexibility index (Phi) is 2.74. The lowest BCUT2D eigenvalue weighted by atomic mass is 10.2. The van der Waals surface area contributed by atoms with Gasteiger partial charge in [0.2, 0.25) is 0 Å². The molecule has 0 amide bonds. The van der Waals surface area contributed by atoms with Crippen molar-refractivity contribution in [3.63, 3.8) is 0 Å². The van der Waals surface area contributed by atoms with Gasteiger partial charge in [0.05, 0.1) is 24.4 Å². The van der Waals surface area contributed by atoms with Gasteiger partial charge in [0.1, 0.15) is 5.52 Å². The molecule has 1 aromatic carbocycles. The van der Waals surface area contributed by atoms with Crippen LogP contribution in [0.25, 0.3) is 11.0 Å². The van der Waals surface area contributed by atoms with Gasteiger partial charge >= 0.3 is 5.97 Å². The normalized spacial score (nSPS) is 10.4. The Labute approximate surface area is 98.6 Å². The molecule has 2 rings (SSSR count). The van der Waals surface area contributed by atoms with E-state index in [1.165, 1.54) is 19.4 Å². The number of benzene rings is 1. The molecule has 0 atom stereocenters. The highest BCUT2D eigenvalue weighted by Crippen LogP contribution is 2.22. The van der Waals surface area contributed by atoms with Gasteiger partial charge in [0.15, 0.2) is 0 Å². The maximum atomic E-state index is 11.3. The lowest BCUT2D eigenvalue weighted by Gasteiger charge is -2.03. The zero-order valence-electron chi connectivity index (χ0n) is 8.28. The Morgan fingerprint density at radius 1 is 1.50 bits per heavy atom. The van der Waals surface area contributed by atoms with Crippen LogP contribution in [0.2, 0.25) is 0 Å². The van der Waals surface area contributed by atoms with Gasteiger partial charge in [-0.25, -0.2) is 9.78 Å². The molecular formula is C10H7BrN2O3. The Balaban J connectivity index is 2.74. The van der Waals surface area contributed by atoms with E-state index in [-0.39, 0.29) is 5.56 Å². The first-order valence-electron chi connectivity index (χ1n) is 4.38. The fourth-order valence-corrected chi connectivity index (χ4v) is 1.91. The van der Waals surface area contributed by atoms with Gasteiger partial charge in [-0.05, 0) is 28.1 Å². The molecule has 16 heavy (non-hydrogen) atoms. The number of rotatable bonds is 1. The monoisotopic (exact) mass is 282 g/mol. The predicted molar refractivity (Wildman–Crippen MR) is 61.4 cm³/mol. The molecule has 0 spiro atoms. The van der Waals surface area contributed by atoms with Gasteiger partial charge in [0, 0.05) is 4.47 Å². The molecule has 1 aromatic heterocycles. The van der Waals surface area contributed by atoms with Crippen molar-refractivity contribution in [2.75, 3.05) is 7.11 Å². The first-order valence-corrected chi connectivity index (χ1v) is 5.18. The number of H-pyrrole nitrogens is 1. The summed E-state index contributed by atoms with van der Waals surface area (Å²) in [5.74, 6) is -0.465. The van der Waals surface area contributed by atoms with Crippen molar-refractivity contribution in [2.45, 2.75) is 0 Å². The number of halogens is 1. The summed E-state index contributed by atoms with van der Waals surface area (Å²) in [5.41, 5.74) is 1.11. The molecule has 0 fully saturated rings. The average Bonchev–Trinajstić information content (AvgIpc) is 2.27. The van der Waals surface area contributed by atoms with Gasteiger partial charge in [-0.15, -0.1) is 0 Å². The Morgan fingerprint density at radius 2 is 2.25 bits per heavy atom. The van der Waals surface area contributed by atoms with Crippen molar-refractivity contribution in [2.24, 2.45) is 0 Å². The van der Waals surface area contributed by atoms with Crippen LogP contribution in [0.4, 0.5) is 0 Å². The number of carbonyl (C=O) groups excluding carboxylic acids is 1. The third kappa shape index (κ3) is 1.83. The van der Waals surface area contributed by atoms with Gasteiger partial charge < -0.3 is 9.72 Å². The van der Waals surface area contributed by atoms with E-state index >= 15 is 0 Å². The van der Waals surface area contributed by atoms with Gasteiger partial charge in [0.25, 0.3) is 5.56 Å². The molecule has 6 heteroatoms. The second-order valence-corrected chi connectivity index (χ2v) is 3.95. The van der Waals surface area contributed by atoms with E-state index in [9.17, 15) is 9.59 Å². The highest BCUT2D eigenvalue weighted by Gasteiger charge is 2.10. The third-order valence-corrected chi connectivity index (χ3v) is 2.66. The first-order chi connectivity index (χ1) is 7.61. The summed E-state index contributed by atoms with van der Waals surface area (Å²) in [6, 6.07) is 3.12. The standard InChI is InChI=1S/C10H7BrN2O3/c1-16-10(15)5-2-6(11)9-7(3-5)13-8(14)4-12-9/h2-4H,1H3,(H,13,14). The van der Waals surface area contributed by atoms with E-state index in [0.717, 1.165) is 0 Å². The zero-order chi connectivity index (χ0) is 11.7. The van der Waals surface area contributed by atoms with Crippen molar-refractivity contribution in [3.05, 3.63) is 38.7 Å². The smallest absolute Gasteiger partial charge is 0.337 e. The Bertz CT molecular complexity index is 621. The fourth-order valence-electron chi connectivity index (χ4n) is 1.35. The maximum absolute atomic E-state index is 11.3. The van der Waals surface area contributed by atoms with Crippen molar-refractivity contribution < 1.29 is 9.53 Å². The summed E-state index contributed by atoms with van der Waals surface area (Å²) >= 11 is 3.28. The second-order valence-electron chi connectivity index (χ2n) is 3.09. The summed E-state index contributed by atoms with van der Waals surface area (Å²) in [6.45, 7) is 0. The van der Waals surface area contributed by atoms with Crippen LogP contribution in [0.5, 0.6) is 0 Å². The van der Waals surface area contributed by atoms with Crippen molar-refractivity contribution >= 4 is 32.9 Å². The molecule has 0 radical (unpaired) electrons. The molecule has 0 unspecified atom stereocenters. The van der Waals surface area contributed by atoms with Crippen LogP contribution in [-0.2, 0) is 4.74 Å². The number of nitrogens with zero attached hydrogens (tertiary/aromatic N) is 1. The van der Waals surface area contributed by atoms with E-state index in [1.807, 2.05) is 0 Å². The topological polar surface area (TPSA) is 72.0 Å². The van der Waals surface area contributed by atoms with Crippen LogP contribution >= 0.6 is 15.9 Å². The molecule has 1 N–H and O–H groups in total. The molecule has 0 aliphatic rings. The summed E-state index contributed by atoms with van der Waals surface area (Å²) in [5, 5.41) is 0. The van der Waals surface area contributed by atoms with Crippen LogP contribution in [0.3, 0.4) is 0 Å². The summed E-state index contributed by atoms with van der Waals surface area (Å²) in [6.07, 6.45) is 1.19. The number of methoxy groups -OCH3 is 1. The molecule has 5 nitrogen and oxygen atoms in total. The average molecular weight is 283 g/mol. The van der Waals surface area contributed by atoms with E-state index in [1.54, 1.807) is 6.07 Å². The fraction of sp³-hybridized carbons (Fsp3) is 0.100. The van der Waals surface area contributed by atoms with Crippen LogP contribution < -0.4 is 5.56 Å². The van der Waals surface area contributed by atoms with Crippen molar-refractivity contribution in [1.82, 2.24) is 9.97 Å². The second kappa shape index (κ2) is 4.05. The molecule has 82 valence electrons. The molecule has 0 saturated carbocycles. The number of aromatic amines is 1. The molecule has 1 heterocycles. The number of ether oxygens (including phenoxy) is 1. The van der Waals surface area contributed by atoms with Crippen molar-refractivity contribution in [3.8, 4) is 0 Å². The quantitative estimate of drug-likeness (QED) is 0.804. The van der Waals surface area contributed by atoms with Crippen LogP contribution in [0.1, 0.15) is 10.4 Å². The number of fused-ring (bicyclic) bond motifs is 1. The molecule has 0 aliphatic carbocycles. The summed E-state index contributed by atoms with van der Waals surface area (Å²) in [4.78, 5) is 29.0. The SMILES string of the molecule is COC(=O)c1cc(Br)c2ncc(=O)[nH]c2c1. The predicted octanol–water partition coefficient (Wildman–Crippen LogP) is 1.47. The van der Waals surface area contributed by atoms with Crippen molar-refractivity contribution in [1.29, 1.82) is 0 Å². The number of aromatic nitrogens is 2. The lowest BCUT2D eigenvalue weighted by Crippen LogP contribution is -2.07. The lowest BCUT2D eigenvalue weighted by molar-refractivity contribution is 0.0601. The van der Waals surface area contributed by atoms with Crippen LogP contribution in [-0.4, -0.2) is 23.0 Å². The summed E-state index contributed by atoms with van der Waals surface area (Å²) < 4.78 is 5.22. The third-order valence-electron chi connectivity index (χ3n) is 2.05. The van der Waals surface area contributed by atoms with E-state index in [0.29, 0.717) is 21.1 Å². The number of esters is 1. The number of nitrogens with one attached hydrogen (secondary N) is 1. The number of hydrogen-bond donors (Lipinski definition) is 1. The minimum atomic E-state index is -0.465. The van der Waals surface area contributed by atoms with E-state index in [4.69, 9.17) is 0 Å². The molecular weight excluding hydrogens is 276 g/mol. The molecule has 0 bridgehead atoms. The van der Waals surface area contributed by atoms with Crippen LogP contribution in [0, 0.1) is 0 Å².